The van der Waals surface area contributed by atoms with Crippen molar-refractivity contribution in [2.24, 2.45) is 0 Å². The first kappa shape index (κ1) is 29.5. The number of aryl methyl sites for hydroxylation is 1. The number of aromatic nitrogens is 5. The number of alkyl halides is 3. The Morgan fingerprint density at radius 3 is 2.68 bits per heavy atom. The summed E-state index contributed by atoms with van der Waals surface area (Å²) in [6.45, 7) is 3.27. The molecule has 0 bridgehead atoms. The Bertz CT molecular complexity index is 1550. The van der Waals surface area contributed by atoms with Crippen molar-refractivity contribution in [3.63, 3.8) is 0 Å². The van der Waals surface area contributed by atoms with E-state index in [1.807, 2.05) is 27.1 Å². The van der Waals surface area contributed by atoms with Crippen LogP contribution in [-0.4, -0.2) is 62.1 Å². The number of anilines is 2. The minimum atomic E-state index is -4.72. The summed E-state index contributed by atoms with van der Waals surface area (Å²) in [7, 11) is 4.08. The fourth-order valence-electron chi connectivity index (χ4n) is 4.53. The maximum absolute atomic E-state index is 13.7. The van der Waals surface area contributed by atoms with Crippen molar-refractivity contribution in [1.82, 2.24) is 34.4 Å². The second-order valence-electron chi connectivity index (χ2n) is 9.83. The lowest BCUT2D eigenvalue weighted by Crippen LogP contribution is -2.25. The third kappa shape index (κ3) is 7.01. The van der Waals surface area contributed by atoms with Crippen LogP contribution >= 0.6 is 0 Å². The summed E-state index contributed by atoms with van der Waals surface area (Å²) >= 11 is 0. The summed E-state index contributed by atoms with van der Waals surface area (Å²) in [5, 5.41) is 18.7. The van der Waals surface area contributed by atoms with Gasteiger partial charge in [0.25, 0.3) is 5.91 Å². The SMILES string of the molecule is CCc1cc(Nc2nccn3c(-c4cn(CC#N)nc4C(F)(F)F)cnc23)ccc1C(=O)NCCCCCN(C)C. The van der Waals surface area contributed by atoms with E-state index in [1.54, 1.807) is 18.2 Å². The summed E-state index contributed by atoms with van der Waals surface area (Å²) in [6, 6.07) is 7.16. The van der Waals surface area contributed by atoms with Crippen molar-refractivity contribution in [2.75, 3.05) is 32.5 Å². The number of halogens is 3. The van der Waals surface area contributed by atoms with Gasteiger partial charge in [-0.3, -0.25) is 13.9 Å². The number of rotatable bonds is 12. The van der Waals surface area contributed by atoms with Gasteiger partial charge >= 0.3 is 6.18 Å². The largest absolute Gasteiger partial charge is 0.435 e. The molecule has 0 saturated carbocycles. The van der Waals surface area contributed by atoms with Crippen LogP contribution in [0.4, 0.5) is 24.7 Å². The van der Waals surface area contributed by atoms with Crippen molar-refractivity contribution in [3.05, 3.63) is 59.8 Å². The third-order valence-electron chi connectivity index (χ3n) is 6.53. The van der Waals surface area contributed by atoms with Crippen molar-refractivity contribution in [3.8, 4) is 17.3 Å². The zero-order chi connectivity index (χ0) is 29.6. The van der Waals surface area contributed by atoms with E-state index in [9.17, 15) is 18.0 Å². The number of carbonyl (C=O) groups excluding carboxylic acids is 1. The summed E-state index contributed by atoms with van der Waals surface area (Å²) in [4.78, 5) is 23.6. The summed E-state index contributed by atoms with van der Waals surface area (Å²) in [5.41, 5.74) is 1.26. The van der Waals surface area contributed by atoms with E-state index in [0.717, 1.165) is 36.1 Å². The van der Waals surface area contributed by atoms with Gasteiger partial charge in [-0.2, -0.15) is 23.5 Å². The molecule has 0 aliphatic carbocycles. The molecule has 4 aromatic rings. The number of hydrogen-bond acceptors (Lipinski definition) is 7. The maximum Gasteiger partial charge on any atom is 0.435 e. The molecule has 0 saturated heterocycles. The number of nitrogens with one attached hydrogen (secondary N) is 2. The molecule has 3 heterocycles. The number of unbranched alkanes of at least 4 members (excludes halogenated alkanes) is 2. The van der Waals surface area contributed by atoms with Crippen LogP contribution in [0.3, 0.4) is 0 Å². The van der Waals surface area contributed by atoms with Gasteiger partial charge in [0.05, 0.1) is 23.5 Å². The fraction of sp³-hybridized carbons (Fsp3) is 0.393. The molecular weight excluding hydrogens is 535 g/mol. The Hall–Kier alpha value is -4.44. The number of benzene rings is 1. The van der Waals surface area contributed by atoms with E-state index >= 15 is 0 Å². The number of nitrogens with zero attached hydrogens (tertiary/aromatic N) is 7. The van der Waals surface area contributed by atoms with Crippen LogP contribution in [0.25, 0.3) is 16.9 Å². The van der Waals surface area contributed by atoms with Gasteiger partial charge in [-0.25, -0.2) is 9.97 Å². The molecule has 0 atom stereocenters. The lowest BCUT2D eigenvalue weighted by molar-refractivity contribution is -0.141. The second-order valence-corrected chi connectivity index (χ2v) is 9.83. The molecule has 4 rings (SSSR count). The molecule has 3 aromatic heterocycles. The topological polar surface area (TPSA) is 116 Å². The number of hydrogen-bond donors (Lipinski definition) is 2. The van der Waals surface area contributed by atoms with Gasteiger partial charge in [-0.05, 0) is 63.7 Å². The minimum absolute atomic E-state index is 0.128. The minimum Gasteiger partial charge on any atom is -0.352 e. The van der Waals surface area contributed by atoms with Crippen LogP contribution in [0.1, 0.15) is 47.8 Å². The zero-order valence-corrected chi connectivity index (χ0v) is 23.2. The number of fused-ring (bicyclic) bond motifs is 1. The van der Waals surface area contributed by atoms with Crippen LogP contribution in [0.15, 0.2) is 43.0 Å². The molecular formula is C28H32F3N9O. The fourth-order valence-corrected chi connectivity index (χ4v) is 4.53. The summed E-state index contributed by atoms with van der Waals surface area (Å²) in [5.74, 6) is 0.199. The van der Waals surface area contributed by atoms with E-state index in [0.29, 0.717) is 35.7 Å². The first-order valence-electron chi connectivity index (χ1n) is 13.3. The highest BCUT2D eigenvalue weighted by molar-refractivity contribution is 5.96. The van der Waals surface area contributed by atoms with Crippen molar-refractivity contribution < 1.29 is 18.0 Å². The van der Waals surface area contributed by atoms with Gasteiger partial charge in [0.1, 0.15) is 6.54 Å². The van der Waals surface area contributed by atoms with Crippen molar-refractivity contribution in [1.29, 1.82) is 5.26 Å². The number of nitriles is 1. The van der Waals surface area contributed by atoms with Crippen LogP contribution in [0.2, 0.25) is 0 Å². The van der Waals surface area contributed by atoms with E-state index in [4.69, 9.17) is 5.26 Å². The summed E-state index contributed by atoms with van der Waals surface area (Å²) < 4.78 is 43.6. The first-order chi connectivity index (χ1) is 19.6. The Balaban J connectivity index is 1.53. The molecule has 0 fully saturated rings. The highest BCUT2D eigenvalue weighted by atomic mass is 19.4. The Kier molecular flexibility index (Phi) is 9.24. The van der Waals surface area contributed by atoms with Gasteiger partial charge in [-0.1, -0.05) is 13.3 Å². The maximum atomic E-state index is 13.7. The van der Waals surface area contributed by atoms with Gasteiger partial charge < -0.3 is 15.5 Å². The van der Waals surface area contributed by atoms with Crippen LogP contribution < -0.4 is 10.6 Å². The van der Waals surface area contributed by atoms with Crippen LogP contribution in [0, 0.1) is 11.3 Å². The highest BCUT2D eigenvalue weighted by Gasteiger charge is 2.38. The number of imidazole rings is 1. The lowest BCUT2D eigenvalue weighted by Gasteiger charge is -2.13. The van der Waals surface area contributed by atoms with Crippen LogP contribution in [0.5, 0.6) is 0 Å². The van der Waals surface area contributed by atoms with E-state index in [2.05, 4.69) is 30.6 Å². The molecule has 0 spiro atoms. The third-order valence-corrected chi connectivity index (χ3v) is 6.53. The Morgan fingerprint density at radius 2 is 1.98 bits per heavy atom. The normalized spacial score (nSPS) is 11.7. The van der Waals surface area contributed by atoms with E-state index < -0.39 is 11.9 Å². The Labute approximate surface area is 235 Å². The average Bonchev–Trinajstić information content (AvgIpc) is 3.55. The molecule has 216 valence electrons. The van der Waals surface area contributed by atoms with Gasteiger partial charge in [0.2, 0.25) is 0 Å². The zero-order valence-electron chi connectivity index (χ0n) is 23.2. The smallest absolute Gasteiger partial charge is 0.352 e. The number of carbonyl (C=O) groups is 1. The van der Waals surface area contributed by atoms with E-state index in [-0.39, 0.29) is 23.7 Å². The predicted molar refractivity (Wildman–Crippen MR) is 149 cm³/mol. The second kappa shape index (κ2) is 12.8. The number of amides is 1. The molecule has 2 N–H and O–H groups in total. The molecule has 10 nitrogen and oxygen atoms in total. The first-order valence-corrected chi connectivity index (χ1v) is 13.3. The van der Waals surface area contributed by atoms with Crippen molar-refractivity contribution >= 4 is 23.1 Å². The standard InChI is InChI=1S/C28H32F3N9O/c1-4-19-16-20(8-9-21(19)27(41)34-11-6-5-7-13-38(2)3)36-25-26-35-17-23(40(26)15-12-33-25)22-18-39(14-10-32)37-24(22)28(29,30)31/h8-9,12,15-18H,4-7,11,13-14H2,1-3H3,(H,33,36)(H,34,41). The van der Waals surface area contributed by atoms with Gasteiger partial charge in [-0.15, -0.1) is 0 Å². The molecule has 0 aliphatic heterocycles. The molecule has 1 amide bonds. The van der Waals surface area contributed by atoms with Gasteiger partial charge in [0.15, 0.2) is 17.2 Å². The van der Waals surface area contributed by atoms with Crippen molar-refractivity contribution in [2.45, 2.75) is 45.3 Å². The highest BCUT2D eigenvalue weighted by Crippen LogP contribution is 2.37. The molecule has 13 heteroatoms. The van der Waals surface area contributed by atoms with Crippen LogP contribution in [-0.2, 0) is 19.1 Å². The Morgan fingerprint density at radius 1 is 1.17 bits per heavy atom. The molecule has 1 aromatic carbocycles. The predicted octanol–water partition coefficient (Wildman–Crippen LogP) is 4.90. The molecule has 0 unspecified atom stereocenters. The monoisotopic (exact) mass is 567 g/mol. The van der Waals surface area contributed by atoms with E-state index in [1.165, 1.54) is 29.2 Å². The molecule has 41 heavy (non-hydrogen) atoms. The molecule has 0 radical (unpaired) electrons. The average molecular weight is 568 g/mol. The molecule has 0 aliphatic rings. The van der Waals surface area contributed by atoms with Gasteiger partial charge in [0, 0.05) is 36.4 Å². The summed E-state index contributed by atoms with van der Waals surface area (Å²) in [6.07, 6.45) is 4.40. The quantitative estimate of drug-likeness (QED) is 0.234. The lowest BCUT2D eigenvalue weighted by atomic mass is 10.0.